The third-order valence-electron chi connectivity index (χ3n) is 4.47. The van der Waals surface area contributed by atoms with E-state index in [0.717, 1.165) is 42.3 Å². The van der Waals surface area contributed by atoms with E-state index in [1.807, 2.05) is 12.1 Å². The van der Waals surface area contributed by atoms with E-state index in [0.29, 0.717) is 18.4 Å². The van der Waals surface area contributed by atoms with E-state index in [2.05, 4.69) is 20.9 Å². The number of ether oxygens (including phenoxy) is 2. The van der Waals surface area contributed by atoms with Gasteiger partial charge in [-0.2, -0.15) is 0 Å². The Morgan fingerprint density at radius 2 is 2.12 bits per heavy atom. The number of hydrogen-bond donors (Lipinski definition) is 0. The first-order valence-electron chi connectivity index (χ1n) is 8.40. The second-order valence-electron chi connectivity index (χ2n) is 6.12. The van der Waals surface area contributed by atoms with Crippen molar-refractivity contribution in [3.05, 3.63) is 36.8 Å². The fourth-order valence-corrected chi connectivity index (χ4v) is 4.01. The van der Waals surface area contributed by atoms with Crippen LogP contribution in [-0.2, 0) is 0 Å². The number of rotatable bonds is 5. The van der Waals surface area contributed by atoms with Crippen LogP contribution in [0, 0.1) is 5.92 Å². The van der Waals surface area contributed by atoms with Crippen LogP contribution in [0.1, 0.15) is 12.8 Å². The Morgan fingerprint density at radius 3 is 2.88 bits per heavy atom. The van der Waals surface area contributed by atoms with Gasteiger partial charge in [-0.3, -0.25) is 4.98 Å². The molecule has 1 aromatic carbocycles. The van der Waals surface area contributed by atoms with Gasteiger partial charge in [0.05, 0.1) is 30.1 Å². The lowest BCUT2D eigenvalue weighted by Gasteiger charge is -2.31. The van der Waals surface area contributed by atoms with E-state index in [-0.39, 0.29) is 0 Å². The van der Waals surface area contributed by atoms with Gasteiger partial charge in [0.1, 0.15) is 5.75 Å². The molecule has 0 unspecified atom stereocenters. The van der Waals surface area contributed by atoms with Crippen LogP contribution in [0.2, 0.25) is 0 Å². The van der Waals surface area contributed by atoms with Crippen LogP contribution in [0.15, 0.2) is 36.8 Å². The number of nitrogens with zero attached hydrogens (tertiary/aromatic N) is 4. The van der Waals surface area contributed by atoms with Crippen molar-refractivity contribution in [1.29, 1.82) is 0 Å². The zero-order chi connectivity index (χ0) is 17.1. The first kappa shape index (κ1) is 16.1. The molecule has 0 radical (unpaired) electrons. The third kappa shape index (κ3) is 3.66. The minimum absolute atomic E-state index is 0.549. The van der Waals surface area contributed by atoms with Gasteiger partial charge in [0.15, 0.2) is 5.13 Å². The average molecular weight is 356 g/mol. The molecule has 1 aliphatic rings. The number of piperidine rings is 1. The Balaban J connectivity index is 1.35. The maximum absolute atomic E-state index is 5.74. The molecule has 1 aliphatic heterocycles. The highest BCUT2D eigenvalue weighted by Gasteiger charge is 2.22. The van der Waals surface area contributed by atoms with E-state index in [9.17, 15) is 0 Å². The SMILES string of the molecule is COc1ccc2sc(N3CCC(COc4cnccn4)CC3)nc2c1. The maximum atomic E-state index is 5.74. The lowest BCUT2D eigenvalue weighted by molar-refractivity contribution is 0.215. The Hall–Kier alpha value is -2.41. The monoisotopic (exact) mass is 356 g/mol. The van der Waals surface area contributed by atoms with E-state index in [4.69, 9.17) is 14.5 Å². The Labute approximate surface area is 150 Å². The summed E-state index contributed by atoms with van der Waals surface area (Å²) in [5.41, 5.74) is 1.01. The normalized spacial score (nSPS) is 15.5. The van der Waals surface area contributed by atoms with Crippen LogP contribution >= 0.6 is 11.3 Å². The van der Waals surface area contributed by atoms with Gasteiger partial charge in [-0.1, -0.05) is 11.3 Å². The predicted molar refractivity (Wildman–Crippen MR) is 98.6 cm³/mol. The van der Waals surface area contributed by atoms with E-state index >= 15 is 0 Å². The Morgan fingerprint density at radius 1 is 1.24 bits per heavy atom. The molecule has 2 aromatic heterocycles. The molecule has 3 heterocycles. The van der Waals surface area contributed by atoms with Gasteiger partial charge in [-0.05, 0) is 30.9 Å². The van der Waals surface area contributed by atoms with E-state index in [1.165, 1.54) is 4.70 Å². The topological polar surface area (TPSA) is 60.4 Å². The van der Waals surface area contributed by atoms with Crippen molar-refractivity contribution in [2.75, 3.05) is 31.7 Å². The molecule has 3 aromatic rings. The summed E-state index contributed by atoms with van der Waals surface area (Å²) in [5, 5.41) is 1.09. The van der Waals surface area contributed by atoms with Gasteiger partial charge < -0.3 is 14.4 Å². The Kier molecular flexibility index (Phi) is 4.65. The number of anilines is 1. The maximum Gasteiger partial charge on any atom is 0.232 e. The number of thiazole rings is 1. The zero-order valence-electron chi connectivity index (χ0n) is 14.1. The van der Waals surface area contributed by atoms with Crippen molar-refractivity contribution in [2.24, 2.45) is 5.92 Å². The number of aromatic nitrogens is 3. The molecule has 1 fully saturated rings. The number of fused-ring (bicyclic) bond motifs is 1. The molecule has 0 amide bonds. The molecule has 0 saturated carbocycles. The number of methoxy groups -OCH3 is 1. The molecule has 25 heavy (non-hydrogen) atoms. The van der Waals surface area contributed by atoms with Crippen LogP contribution in [0.5, 0.6) is 11.6 Å². The lowest BCUT2D eigenvalue weighted by Crippen LogP contribution is -2.35. The summed E-state index contributed by atoms with van der Waals surface area (Å²) in [7, 11) is 1.68. The first-order chi connectivity index (χ1) is 12.3. The van der Waals surface area contributed by atoms with Crippen LogP contribution in [0.4, 0.5) is 5.13 Å². The fourth-order valence-electron chi connectivity index (χ4n) is 3.01. The molecule has 0 spiro atoms. The molecular formula is C18H20N4O2S. The van der Waals surface area contributed by atoms with Crippen molar-refractivity contribution in [3.63, 3.8) is 0 Å². The van der Waals surface area contributed by atoms with Gasteiger partial charge in [0.2, 0.25) is 5.88 Å². The van der Waals surface area contributed by atoms with Crippen molar-refractivity contribution >= 4 is 26.7 Å². The molecule has 1 saturated heterocycles. The fraction of sp³-hybridized carbons (Fsp3) is 0.389. The molecule has 130 valence electrons. The molecule has 4 rings (SSSR count). The molecule has 6 nitrogen and oxygen atoms in total. The van der Waals surface area contributed by atoms with Gasteiger partial charge >= 0.3 is 0 Å². The highest BCUT2D eigenvalue weighted by molar-refractivity contribution is 7.22. The van der Waals surface area contributed by atoms with Gasteiger partial charge in [-0.25, -0.2) is 9.97 Å². The van der Waals surface area contributed by atoms with Crippen molar-refractivity contribution in [1.82, 2.24) is 15.0 Å². The summed E-state index contributed by atoms with van der Waals surface area (Å²) in [5.74, 6) is 2.00. The number of hydrogen-bond acceptors (Lipinski definition) is 7. The average Bonchev–Trinajstić information content (AvgIpc) is 3.10. The second kappa shape index (κ2) is 7.23. The van der Waals surface area contributed by atoms with E-state index in [1.54, 1.807) is 37.0 Å². The molecule has 7 heteroatoms. The van der Waals surface area contributed by atoms with E-state index < -0.39 is 0 Å². The molecule has 0 N–H and O–H groups in total. The minimum Gasteiger partial charge on any atom is -0.497 e. The molecule has 0 aliphatic carbocycles. The summed E-state index contributed by atoms with van der Waals surface area (Å²) >= 11 is 1.74. The largest absolute Gasteiger partial charge is 0.497 e. The molecular weight excluding hydrogens is 336 g/mol. The molecule has 0 atom stereocenters. The van der Waals surface area contributed by atoms with Crippen molar-refractivity contribution in [2.45, 2.75) is 12.8 Å². The highest BCUT2D eigenvalue weighted by atomic mass is 32.1. The summed E-state index contributed by atoms with van der Waals surface area (Å²) < 4.78 is 12.2. The van der Waals surface area contributed by atoms with Gasteiger partial charge in [-0.15, -0.1) is 0 Å². The zero-order valence-corrected chi connectivity index (χ0v) is 14.9. The summed E-state index contributed by atoms with van der Waals surface area (Å²) in [4.78, 5) is 15.3. The van der Waals surface area contributed by atoms with Crippen LogP contribution < -0.4 is 14.4 Å². The highest BCUT2D eigenvalue weighted by Crippen LogP contribution is 2.33. The predicted octanol–water partition coefficient (Wildman–Crippen LogP) is 3.39. The summed E-state index contributed by atoms with van der Waals surface area (Å²) in [6.45, 7) is 2.71. The van der Waals surface area contributed by atoms with Crippen LogP contribution in [-0.4, -0.2) is 41.8 Å². The first-order valence-corrected chi connectivity index (χ1v) is 9.22. The van der Waals surface area contributed by atoms with Gasteiger partial charge in [0.25, 0.3) is 0 Å². The van der Waals surface area contributed by atoms with Crippen molar-refractivity contribution in [3.8, 4) is 11.6 Å². The van der Waals surface area contributed by atoms with Crippen LogP contribution in [0.25, 0.3) is 10.2 Å². The standard InChI is InChI=1S/C18H20N4O2S/c1-23-14-2-3-16-15(10-14)21-18(25-16)22-8-4-13(5-9-22)12-24-17-11-19-6-7-20-17/h2-3,6-7,10-11,13H,4-5,8-9,12H2,1H3. The Bertz CT molecular complexity index is 831. The van der Waals surface area contributed by atoms with Crippen molar-refractivity contribution < 1.29 is 9.47 Å². The summed E-state index contributed by atoms with van der Waals surface area (Å²) in [6, 6.07) is 6.06. The smallest absolute Gasteiger partial charge is 0.232 e. The third-order valence-corrected chi connectivity index (χ3v) is 5.57. The van der Waals surface area contributed by atoms with Crippen LogP contribution in [0.3, 0.4) is 0 Å². The van der Waals surface area contributed by atoms with Gasteiger partial charge in [0, 0.05) is 31.5 Å². The summed E-state index contributed by atoms with van der Waals surface area (Å²) in [6.07, 6.45) is 7.16. The quantitative estimate of drug-likeness (QED) is 0.698. The lowest BCUT2D eigenvalue weighted by atomic mass is 9.98. The second-order valence-corrected chi connectivity index (χ2v) is 7.12. The minimum atomic E-state index is 0.549. The number of benzene rings is 1. The molecule has 0 bridgehead atoms.